The van der Waals surface area contributed by atoms with Crippen LogP contribution < -0.4 is 5.73 Å². The van der Waals surface area contributed by atoms with Crippen LogP contribution in [0.1, 0.15) is 22.5 Å². The molecule has 136 valence electrons. The Morgan fingerprint density at radius 2 is 2.23 bits per heavy atom. The molecule has 0 aliphatic rings. The van der Waals surface area contributed by atoms with Crippen molar-refractivity contribution in [2.75, 3.05) is 7.11 Å². The molecule has 0 saturated carbocycles. The van der Waals surface area contributed by atoms with Crippen molar-refractivity contribution in [1.29, 1.82) is 0 Å². The normalized spacial score (nSPS) is 10.8. The SMILES string of the molecule is COC(=O)c1ccoc1CSc1nnc(-c2cccs2)n1CCC(N)=O. The van der Waals surface area contributed by atoms with Gasteiger partial charge in [-0.25, -0.2) is 4.79 Å². The molecule has 3 rings (SSSR count). The lowest BCUT2D eigenvalue weighted by Gasteiger charge is -2.08. The molecule has 0 saturated heterocycles. The minimum Gasteiger partial charge on any atom is -0.468 e. The van der Waals surface area contributed by atoms with Gasteiger partial charge in [0.25, 0.3) is 0 Å². The number of methoxy groups -OCH3 is 1. The molecule has 3 aromatic rings. The summed E-state index contributed by atoms with van der Waals surface area (Å²) >= 11 is 2.89. The van der Waals surface area contributed by atoms with Gasteiger partial charge in [-0.15, -0.1) is 21.5 Å². The zero-order valence-corrected chi connectivity index (χ0v) is 15.5. The fourth-order valence-corrected chi connectivity index (χ4v) is 3.91. The Bertz CT molecular complexity index is 901. The molecule has 0 radical (unpaired) electrons. The van der Waals surface area contributed by atoms with E-state index in [1.807, 2.05) is 22.1 Å². The number of hydrogen-bond donors (Lipinski definition) is 1. The number of carbonyl (C=O) groups excluding carboxylic acids is 2. The number of furan rings is 1. The third-order valence-electron chi connectivity index (χ3n) is 3.52. The summed E-state index contributed by atoms with van der Waals surface area (Å²) in [7, 11) is 1.32. The molecule has 8 nitrogen and oxygen atoms in total. The molecule has 1 amide bonds. The Kier molecular flexibility index (Phi) is 5.74. The maximum absolute atomic E-state index is 11.7. The summed E-state index contributed by atoms with van der Waals surface area (Å²) in [4.78, 5) is 23.9. The van der Waals surface area contributed by atoms with Gasteiger partial charge in [-0.1, -0.05) is 17.8 Å². The maximum Gasteiger partial charge on any atom is 0.341 e. The van der Waals surface area contributed by atoms with E-state index in [0.717, 1.165) is 4.88 Å². The quantitative estimate of drug-likeness (QED) is 0.463. The summed E-state index contributed by atoms with van der Waals surface area (Å²) in [6.07, 6.45) is 1.62. The van der Waals surface area contributed by atoms with E-state index in [-0.39, 0.29) is 6.42 Å². The first-order valence-corrected chi connectivity index (χ1v) is 9.49. The molecule has 0 unspecified atom stereocenters. The van der Waals surface area contributed by atoms with E-state index in [4.69, 9.17) is 14.9 Å². The molecule has 0 atom stereocenters. The number of primary amides is 1. The van der Waals surface area contributed by atoms with Crippen molar-refractivity contribution in [1.82, 2.24) is 14.8 Å². The molecule has 0 aliphatic carbocycles. The van der Waals surface area contributed by atoms with E-state index in [1.54, 1.807) is 6.07 Å². The average Bonchev–Trinajstić information content (AvgIpc) is 3.37. The smallest absolute Gasteiger partial charge is 0.341 e. The van der Waals surface area contributed by atoms with E-state index >= 15 is 0 Å². The lowest BCUT2D eigenvalue weighted by molar-refractivity contribution is -0.118. The number of thiophene rings is 1. The number of thioether (sulfide) groups is 1. The lowest BCUT2D eigenvalue weighted by atomic mass is 10.3. The third-order valence-corrected chi connectivity index (χ3v) is 5.36. The standard InChI is InChI=1S/C16H16N4O4S2/c1-23-15(22)10-5-7-24-11(10)9-26-16-19-18-14(12-3-2-8-25-12)20(16)6-4-13(17)21/h2-3,5,7-8H,4,6,9H2,1H3,(H2,17,21). The van der Waals surface area contributed by atoms with Crippen LogP contribution in [0.15, 0.2) is 39.4 Å². The summed E-state index contributed by atoms with van der Waals surface area (Å²) in [5.74, 6) is 0.686. The van der Waals surface area contributed by atoms with E-state index in [2.05, 4.69) is 10.2 Å². The number of aromatic nitrogens is 3. The molecule has 3 heterocycles. The van der Waals surface area contributed by atoms with Crippen molar-refractivity contribution in [3.63, 3.8) is 0 Å². The Morgan fingerprint density at radius 3 is 2.92 bits per heavy atom. The maximum atomic E-state index is 11.7. The number of esters is 1. The first kappa shape index (κ1) is 18.2. The molecular formula is C16H16N4O4S2. The molecule has 0 fully saturated rings. The molecular weight excluding hydrogens is 376 g/mol. The van der Waals surface area contributed by atoms with Crippen molar-refractivity contribution in [2.45, 2.75) is 23.9 Å². The number of nitrogens with two attached hydrogens (primary N) is 1. The van der Waals surface area contributed by atoms with Gasteiger partial charge < -0.3 is 19.5 Å². The van der Waals surface area contributed by atoms with Gasteiger partial charge >= 0.3 is 5.97 Å². The Hall–Kier alpha value is -2.59. The number of ether oxygens (including phenoxy) is 1. The van der Waals surface area contributed by atoms with Gasteiger partial charge in [-0.3, -0.25) is 4.79 Å². The first-order chi connectivity index (χ1) is 12.6. The number of hydrogen-bond acceptors (Lipinski definition) is 8. The summed E-state index contributed by atoms with van der Waals surface area (Å²) in [5.41, 5.74) is 5.66. The number of amides is 1. The van der Waals surface area contributed by atoms with Crippen LogP contribution in [0.5, 0.6) is 0 Å². The highest BCUT2D eigenvalue weighted by Crippen LogP contribution is 2.30. The van der Waals surface area contributed by atoms with E-state index < -0.39 is 11.9 Å². The monoisotopic (exact) mass is 392 g/mol. The number of nitrogens with zero attached hydrogens (tertiary/aromatic N) is 3. The predicted octanol–water partition coefficient (Wildman–Crippen LogP) is 2.55. The van der Waals surface area contributed by atoms with E-state index in [1.165, 1.54) is 36.5 Å². The minimum absolute atomic E-state index is 0.179. The van der Waals surface area contributed by atoms with Gasteiger partial charge in [0, 0.05) is 13.0 Å². The van der Waals surface area contributed by atoms with Crippen LogP contribution in [0.2, 0.25) is 0 Å². The van der Waals surface area contributed by atoms with Crippen molar-refractivity contribution < 1.29 is 18.7 Å². The second-order valence-corrected chi connectivity index (χ2v) is 7.08. The Balaban J connectivity index is 1.82. The lowest BCUT2D eigenvalue weighted by Crippen LogP contribution is -2.15. The molecule has 0 aromatic carbocycles. The second-order valence-electron chi connectivity index (χ2n) is 5.19. The average molecular weight is 392 g/mol. The summed E-state index contributed by atoms with van der Waals surface area (Å²) in [6.45, 7) is 0.375. The van der Waals surface area contributed by atoms with Crippen molar-refractivity contribution in [3.05, 3.63) is 41.2 Å². The van der Waals surface area contributed by atoms with Crippen LogP contribution in [-0.4, -0.2) is 33.8 Å². The fraction of sp³-hybridized carbons (Fsp3) is 0.250. The largest absolute Gasteiger partial charge is 0.468 e. The molecule has 26 heavy (non-hydrogen) atoms. The van der Waals surface area contributed by atoms with Gasteiger partial charge in [0.05, 0.1) is 24.0 Å². The van der Waals surface area contributed by atoms with Crippen LogP contribution in [0.25, 0.3) is 10.7 Å². The molecule has 0 spiro atoms. The zero-order chi connectivity index (χ0) is 18.5. The molecule has 0 aliphatic heterocycles. The highest BCUT2D eigenvalue weighted by atomic mass is 32.2. The van der Waals surface area contributed by atoms with Crippen LogP contribution in [-0.2, 0) is 21.8 Å². The van der Waals surface area contributed by atoms with Crippen LogP contribution in [0.4, 0.5) is 0 Å². The first-order valence-electron chi connectivity index (χ1n) is 7.63. The fourth-order valence-electron chi connectivity index (χ4n) is 2.28. The van der Waals surface area contributed by atoms with Gasteiger partial charge in [0.2, 0.25) is 5.91 Å². The summed E-state index contributed by atoms with van der Waals surface area (Å²) in [6, 6.07) is 5.42. The van der Waals surface area contributed by atoms with Gasteiger partial charge in [-0.05, 0) is 17.5 Å². The van der Waals surface area contributed by atoms with Crippen LogP contribution in [0, 0.1) is 0 Å². The number of carbonyl (C=O) groups is 2. The summed E-state index contributed by atoms with van der Waals surface area (Å²) in [5, 5.41) is 11.0. The van der Waals surface area contributed by atoms with Gasteiger partial charge in [-0.2, -0.15) is 0 Å². The van der Waals surface area contributed by atoms with Gasteiger partial charge in [0.15, 0.2) is 11.0 Å². The van der Waals surface area contributed by atoms with Crippen LogP contribution >= 0.6 is 23.1 Å². The molecule has 10 heteroatoms. The second kappa shape index (κ2) is 8.19. The molecule has 2 N–H and O–H groups in total. The topological polar surface area (TPSA) is 113 Å². The van der Waals surface area contributed by atoms with Crippen molar-refractivity contribution >= 4 is 35.0 Å². The van der Waals surface area contributed by atoms with Crippen molar-refractivity contribution in [3.8, 4) is 10.7 Å². The van der Waals surface area contributed by atoms with E-state index in [0.29, 0.717) is 34.6 Å². The van der Waals surface area contributed by atoms with Gasteiger partial charge in [0.1, 0.15) is 11.3 Å². The zero-order valence-electron chi connectivity index (χ0n) is 13.9. The minimum atomic E-state index is -0.455. The van der Waals surface area contributed by atoms with Crippen molar-refractivity contribution in [2.24, 2.45) is 5.73 Å². The number of rotatable bonds is 8. The van der Waals surface area contributed by atoms with Crippen LogP contribution in [0.3, 0.4) is 0 Å². The third kappa shape index (κ3) is 3.97. The molecule has 3 aromatic heterocycles. The predicted molar refractivity (Wildman–Crippen MR) is 96.8 cm³/mol. The Morgan fingerprint density at radius 1 is 1.38 bits per heavy atom. The van der Waals surface area contributed by atoms with E-state index in [9.17, 15) is 9.59 Å². The summed E-state index contributed by atoms with van der Waals surface area (Å²) < 4.78 is 12.0. The highest BCUT2D eigenvalue weighted by molar-refractivity contribution is 7.98. The highest BCUT2D eigenvalue weighted by Gasteiger charge is 2.19. The molecule has 0 bridgehead atoms. The Labute approximate surface area is 157 Å².